The van der Waals surface area contributed by atoms with Crippen LogP contribution in [0.5, 0.6) is 0 Å². The standard InChI is InChI=1S/C10H5F4NO/c11-7-3-1-2-5-6(4-15-8(5)7)9(16)10(12,13)14/h1-4,15H. The molecule has 16 heavy (non-hydrogen) atoms. The van der Waals surface area contributed by atoms with Crippen molar-refractivity contribution in [3.05, 3.63) is 35.8 Å². The highest BCUT2D eigenvalue weighted by molar-refractivity contribution is 6.10. The summed E-state index contributed by atoms with van der Waals surface area (Å²) in [6.45, 7) is 0. The number of halogens is 4. The maximum Gasteiger partial charge on any atom is 0.454 e. The van der Waals surface area contributed by atoms with E-state index in [4.69, 9.17) is 0 Å². The van der Waals surface area contributed by atoms with Gasteiger partial charge >= 0.3 is 6.18 Å². The number of benzene rings is 1. The number of rotatable bonds is 1. The van der Waals surface area contributed by atoms with Crippen LogP contribution in [0.3, 0.4) is 0 Å². The predicted octanol–water partition coefficient (Wildman–Crippen LogP) is 3.05. The van der Waals surface area contributed by atoms with Crippen molar-refractivity contribution in [2.75, 3.05) is 0 Å². The number of nitrogens with one attached hydrogen (secondary N) is 1. The molecule has 0 atom stereocenters. The van der Waals surface area contributed by atoms with Crippen LogP contribution in [0.1, 0.15) is 10.4 Å². The molecule has 0 aliphatic heterocycles. The van der Waals surface area contributed by atoms with Gasteiger partial charge in [0.25, 0.3) is 5.78 Å². The minimum atomic E-state index is -4.96. The Bertz CT molecular complexity index is 555. The second kappa shape index (κ2) is 3.33. The minimum Gasteiger partial charge on any atom is -0.358 e. The van der Waals surface area contributed by atoms with E-state index in [0.717, 1.165) is 12.3 Å². The van der Waals surface area contributed by atoms with Crippen molar-refractivity contribution < 1.29 is 22.4 Å². The molecule has 0 unspecified atom stereocenters. The average molecular weight is 231 g/mol. The zero-order valence-electron chi connectivity index (χ0n) is 7.73. The summed E-state index contributed by atoms with van der Waals surface area (Å²) in [4.78, 5) is 13.3. The van der Waals surface area contributed by atoms with Gasteiger partial charge in [0, 0.05) is 11.6 Å². The van der Waals surface area contributed by atoms with Crippen LogP contribution >= 0.6 is 0 Å². The lowest BCUT2D eigenvalue weighted by Crippen LogP contribution is -2.22. The number of H-pyrrole nitrogens is 1. The minimum absolute atomic E-state index is 0.0673. The third-order valence-corrected chi connectivity index (χ3v) is 2.17. The zero-order valence-corrected chi connectivity index (χ0v) is 7.73. The van der Waals surface area contributed by atoms with Gasteiger partial charge in [-0.25, -0.2) is 4.39 Å². The number of para-hydroxylation sites is 1. The van der Waals surface area contributed by atoms with Gasteiger partial charge in [-0.2, -0.15) is 13.2 Å². The molecular weight excluding hydrogens is 226 g/mol. The van der Waals surface area contributed by atoms with E-state index < -0.39 is 23.3 Å². The molecule has 0 saturated heterocycles. The molecule has 0 spiro atoms. The largest absolute Gasteiger partial charge is 0.454 e. The smallest absolute Gasteiger partial charge is 0.358 e. The second-order valence-electron chi connectivity index (χ2n) is 3.19. The Labute approximate surface area is 86.9 Å². The summed E-state index contributed by atoms with van der Waals surface area (Å²) in [6, 6.07) is 3.60. The van der Waals surface area contributed by atoms with E-state index in [-0.39, 0.29) is 10.9 Å². The van der Waals surface area contributed by atoms with Crippen molar-refractivity contribution in [1.82, 2.24) is 4.98 Å². The summed E-state index contributed by atoms with van der Waals surface area (Å²) >= 11 is 0. The monoisotopic (exact) mass is 231 g/mol. The van der Waals surface area contributed by atoms with Crippen LogP contribution < -0.4 is 0 Å². The van der Waals surface area contributed by atoms with Gasteiger partial charge in [0.1, 0.15) is 5.82 Å². The predicted molar refractivity (Wildman–Crippen MR) is 48.6 cm³/mol. The molecular formula is C10H5F4NO. The van der Waals surface area contributed by atoms with Gasteiger partial charge < -0.3 is 4.98 Å². The van der Waals surface area contributed by atoms with Crippen molar-refractivity contribution in [3.63, 3.8) is 0 Å². The van der Waals surface area contributed by atoms with Crippen LogP contribution in [-0.2, 0) is 0 Å². The van der Waals surface area contributed by atoms with E-state index in [1.165, 1.54) is 12.1 Å². The Balaban J connectivity index is 2.64. The molecule has 0 radical (unpaired) electrons. The van der Waals surface area contributed by atoms with Gasteiger partial charge in [0.15, 0.2) is 0 Å². The fraction of sp³-hybridized carbons (Fsp3) is 0.100. The van der Waals surface area contributed by atoms with E-state index in [1.807, 2.05) is 0 Å². The summed E-state index contributed by atoms with van der Waals surface area (Å²) < 4.78 is 49.7. The molecule has 0 aliphatic rings. The summed E-state index contributed by atoms with van der Waals surface area (Å²) in [5.74, 6) is -2.68. The highest BCUT2D eigenvalue weighted by Gasteiger charge is 2.40. The number of aromatic nitrogens is 1. The molecule has 84 valence electrons. The highest BCUT2D eigenvalue weighted by atomic mass is 19.4. The lowest BCUT2D eigenvalue weighted by atomic mass is 10.1. The van der Waals surface area contributed by atoms with Gasteiger partial charge in [0.2, 0.25) is 0 Å². The molecule has 2 aromatic rings. The molecule has 0 fully saturated rings. The molecule has 0 amide bonds. The van der Waals surface area contributed by atoms with E-state index in [9.17, 15) is 22.4 Å². The molecule has 2 nitrogen and oxygen atoms in total. The average Bonchev–Trinajstić information content (AvgIpc) is 2.60. The van der Waals surface area contributed by atoms with Gasteiger partial charge in [-0.1, -0.05) is 12.1 Å². The van der Waals surface area contributed by atoms with Crippen molar-refractivity contribution >= 4 is 16.7 Å². The number of alkyl halides is 3. The first kappa shape index (κ1) is 10.7. The molecule has 1 aromatic carbocycles. The Morgan fingerprint density at radius 1 is 1.25 bits per heavy atom. The Kier molecular flexibility index (Phi) is 2.22. The molecule has 1 heterocycles. The lowest BCUT2D eigenvalue weighted by molar-refractivity contribution is -0.0884. The third kappa shape index (κ3) is 1.56. The topological polar surface area (TPSA) is 32.9 Å². The first-order valence-corrected chi connectivity index (χ1v) is 4.28. The van der Waals surface area contributed by atoms with E-state index in [2.05, 4.69) is 4.98 Å². The van der Waals surface area contributed by atoms with Crippen molar-refractivity contribution in [1.29, 1.82) is 0 Å². The summed E-state index contributed by atoms with van der Waals surface area (Å²) in [6.07, 6.45) is -4.09. The molecule has 0 saturated carbocycles. The summed E-state index contributed by atoms with van der Waals surface area (Å²) in [7, 11) is 0. The van der Waals surface area contributed by atoms with Crippen LogP contribution in [0.25, 0.3) is 10.9 Å². The molecule has 1 aromatic heterocycles. The van der Waals surface area contributed by atoms with Crippen LogP contribution in [0.15, 0.2) is 24.4 Å². The van der Waals surface area contributed by atoms with E-state index in [1.54, 1.807) is 0 Å². The normalized spacial score (nSPS) is 12.0. The molecule has 0 aliphatic carbocycles. The molecule has 1 N–H and O–H groups in total. The Morgan fingerprint density at radius 2 is 1.94 bits per heavy atom. The van der Waals surface area contributed by atoms with E-state index in [0.29, 0.717) is 0 Å². The van der Waals surface area contributed by atoms with Crippen molar-refractivity contribution in [2.45, 2.75) is 6.18 Å². The lowest BCUT2D eigenvalue weighted by Gasteiger charge is -2.03. The van der Waals surface area contributed by atoms with Gasteiger partial charge in [-0.15, -0.1) is 0 Å². The summed E-state index contributed by atoms with van der Waals surface area (Å²) in [5, 5.41) is -0.0673. The Morgan fingerprint density at radius 3 is 2.56 bits per heavy atom. The maximum absolute atomic E-state index is 13.1. The number of hydrogen-bond donors (Lipinski definition) is 1. The number of Topliss-reactive ketones (excluding diaryl/α,β-unsaturated/α-hetero) is 1. The molecule has 0 bridgehead atoms. The quantitative estimate of drug-likeness (QED) is 0.593. The van der Waals surface area contributed by atoms with Gasteiger partial charge in [-0.3, -0.25) is 4.79 Å². The second-order valence-corrected chi connectivity index (χ2v) is 3.19. The highest BCUT2D eigenvalue weighted by Crippen LogP contribution is 2.27. The molecule has 6 heteroatoms. The molecule has 2 rings (SSSR count). The first-order valence-electron chi connectivity index (χ1n) is 4.28. The fourth-order valence-corrected chi connectivity index (χ4v) is 1.46. The van der Waals surface area contributed by atoms with Crippen LogP contribution in [-0.4, -0.2) is 16.9 Å². The number of hydrogen-bond acceptors (Lipinski definition) is 1. The van der Waals surface area contributed by atoms with Gasteiger partial charge in [-0.05, 0) is 6.07 Å². The number of fused-ring (bicyclic) bond motifs is 1. The van der Waals surface area contributed by atoms with E-state index >= 15 is 0 Å². The Hall–Kier alpha value is -1.85. The fourth-order valence-electron chi connectivity index (χ4n) is 1.46. The number of carbonyl (C=O) groups is 1. The maximum atomic E-state index is 13.1. The third-order valence-electron chi connectivity index (χ3n) is 2.17. The first-order chi connectivity index (χ1) is 7.41. The van der Waals surface area contributed by atoms with Crippen molar-refractivity contribution in [3.8, 4) is 0 Å². The zero-order chi connectivity index (χ0) is 11.9. The SMILES string of the molecule is O=C(c1c[nH]c2c(F)cccc12)C(F)(F)F. The number of carbonyl (C=O) groups excluding carboxylic acids is 1. The number of aromatic amines is 1. The van der Waals surface area contributed by atoms with Crippen LogP contribution in [0, 0.1) is 5.82 Å². The summed E-state index contributed by atoms with van der Waals surface area (Å²) in [5.41, 5.74) is -0.669. The van der Waals surface area contributed by atoms with Crippen LogP contribution in [0.2, 0.25) is 0 Å². The van der Waals surface area contributed by atoms with Crippen molar-refractivity contribution in [2.24, 2.45) is 0 Å². The van der Waals surface area contributed by atoms with Gasteiger partial charge in [0.05, 0.1) is 11.1 Å². The van der Waals surface area contributed by atoms with Crippen LogP contribution in [0.4, 0.5) is 17.6 Å². The number of ketones is 1.